The molecule has 1 N–H and O–H groups in total. The van der Waals surface area contributed by atoms with Crippen molar-refractivity contribution in [1.82, 2.24) is 10.2 Å². The number of ether oxygens (including phenoxy) is 1. The summed E-state index contributed by atoms with van der Waals surface area (Å²) in [5, 5.41) is 4.20. The Morgan fingerprint density at radius 3 is 2.17 bits per heavy atom. The zero-order valence-electron chi connectivity index (χ0n) is 20.4. The van der Waals surface area contributed by atoms with Gasteiger partial charge >= 0.3 is 0 Å². The number of amides is 2. The number of para-hydroxylation sites is 1. The Morgan fingerprint density at radius 2 is 1.53 bits per heavy atom. The quantitative estimate of drug-likeness (QED) is 0.329. The van der Waals surface area contributed by atoms with Gasteiger partial charge in [0.25, 0.3) is 5.91 Å². The van der Waals surface area contributed by atoms with Crippen LogP contribution >= 0.6 is 34.8 Å². The van der Waals surface area contributed by atoms with Gasteiger partial charge in [-0.3, -0.25) is 9.59 Å². The number of nitrogens with zero attached hydrogens (tertiary/aromatic N) is 1. The molecule has 36 heavy (non-hydrogen) atoms. The average Bonchev–Trinajstić information content (AvgIpc) is 2.82. The molecule has 3 aromatic carbocycles. The fraction of sp³-hybridized carbons (Fsp3) is 0.286. The third kappa shape index (κ3) is 8.16. The summed E-state index contributed by atoms with van der Waals surface area (Å²) < 4.78 is 5.74. The Bertz CT molecular complexity index is 1200. The molecule has 0 saturated heterocycles. The second kappa shape index (κ2) is 12.5. The first-order chi connectivity index (χ1) is 17.0. The molecule has 3 aromatic rings. The van der Waals surface area contributed by atoms with Crippen LogP contribution in [0.2, 0.25) is 15.1 Å². The fourth-order valence-electron chi connectivity index (χ4n) is 3.63. The fourth-order valence-corrected chi connectivity index (χ4v) is 4.14. The normalized spacial score (nSPS) is 12.1. The van der Waals surface area contributed by atoms with E-state index in [1.165, 1.54) is 4.90 Å². The first-order valence-electron chi connectivity index (χ1n) is 11.5. The Morgan fingerprint density at radius 1 is 0.861 bits per heavy atom. The molecule has 1 unspecified atom stereocenters. The van der Waals surface area contributed by atoms with Gasteiger partial charge in [-0.15, -0.1) is 0 Å². The Kier molecular flexibility index (Phi) is 9.66. The summed E-state index contributed by atoms with van der Waals surface area (Å²) >= 11 is 18.5. The van der Waals surface area contributed by atoms with Gasteiger partial charge in [0.2, 0.25) is 5.91 Å². The van der Waals surface area contributed by atoms with Crippen LogP contribution in [0.5, 0.6) is 5.75 Å². The summed E-state index contributed by atoms with van der Waals surface area (Å²) in [6, 6.07) is 20.8. The maximum atomic E-state index is 13.6. The van der Waals surface area contributed by atoms with Crippen LogP contribution in [0.15, 0.2) is 72.8 Å². The van der Waals surface area contributed by atoms with E-state index in [0.717, 1.165) is 11.1 Å². The maximum absolute atomic E-state index is 13.6. The molecule has 0 aromatic heterocycles. The predicted molar refractivity (Wildman–Crippen MR) is 146 cm³/mol. The van der Waals surface area contributed by atoms with Gasteiger partial charge in [-0.1, -0.05) is 83.3 Å². The third-order valence-electron chi connectivity index (χ3n) is 5.29. The van der Waals surface area contributed by atoms with E-state index in [4.69, 9.17) is 39.5 Å². The zero-order chi connectivity index (χ0) is 26.3. The number of hydrogen-bond acceptors (Lipinski definition) is 3. The highest BCUT2D eigenvalue weighted by atomic mass is 35.5. The lowest BCUT2D eigenvalue weighted by atomic mass is 10.0. The maximum Gasteiger partial charge on any atom is 0.261 e. The lowest BCUT2D eigenvalue weighted by Gasteiger charge is -2.33. The molecular formula is C28H29Cl3N2O3. The van der Waals surface area contributed by atoms with Crippen LogP contribution in [0.4, 0.5) is 0 Å². The Labute approximate surface area is 227 Å². The molecule has 1 atom stereocenters. The van der Waals surface area contributed by atoms with E-state index < -0.39 is 11.6 Å². The van der Waals surface area contributed by atoms with Crippen molar-refractivity contribution in [3.05, 3.63) is 99.0 Å². The molecular weight excluding hydrogens is 519 g/mol. The number of halogens is 3. The van der Waals surface area contributed by atoms with Gasteiger partial charge in [-0.2, -0.15) is 0 Å². The highest BCUT2D eigenvalue weighted by Crippen LogP contribution is 2.26. The van der Waals surface area contributed by atoms with Crippen molar-refractivity contribution in [2.75, 3.05) is 6.61 Å². The first kappa shape index (κ1) is 27.9. The van der Waals surface area contributed by atoms with Crippen molar-refractivity contribution in [2.24, 2.45) is 0 Å². The molecule has 0 aliphatic carbocycles. The standard InChI is InChI=1S/C28H29Cl3N2O3/c1-28(2,3)32-27(35)24(16-19-9-5-4-6-10-19)33(17-20-13-14-21(29)23(31)15-20)26(34)18-36-25-12-8-7-11-22(25)30/h4-15,24H,16-18H2,1-3H3,(H,32,35). The summed E-state index contributed by atoms with van der Waals surface area (Å²) in [5.41, 5.74) is 1.17. The number of rotatable bonds is 9. The molecule has 0 spiro atoms. The van der Waals surface area contributed by atoms with Crippen LogP contribution in [0.1, 0.15) is 31.9 Å². The molecule has 3 rings (SSSR count). The van der Waals surface area contributed by atoms with E-state index in [1.54, 1.807) is 42.5 Å². The highest BCUT2D eigenvalue weighted by Gasteiger charge is 2.32. The van der Waals surface area contributed by atoms with Crippen LogP contribution in [0.3, 0.4) is 0 Å². The molecule has 190 valence electrons. The van der Waals surface area contributed by atoms with E-state index in [9.17, 15) is 9.59 Å². The minimum Gasteiger partial charge on any atom is -0.482 e. The van der Waals surface area contributed by atoms with E-state index in [0.29, 0.717) is 27.2 Å². The van der Waals surface area contributed by atoms with E-state index in [-0.39, 0.29) is 25.0 Å². The Balaban J connectivity index is 1.96. The number of carbonyl (C=O) groups excluding carboxylic acids is 2. The van der Waals surface area contributed by atoms with Crippen molar-refractivity contribution in [3.8, 4) is 5.75 Å². The number of nitrogens with one attached hydrogen (secondary N) is 1. The van der Waals surface area contributed by atoms with Crippen molar-refractivity contribution in [3.63, 3.8) is 0 Å². The summed E-state index contributed by atoms with van der Waals surface area (Å²) in [6.07, 6.45) is 0.321. The van der Waals surface area contributed by atoms with Crippen molar-refractivity contribution >= 4 is 46.6 Å². The largest absolute Gasteiger partial charge is 0.482 e. The lowest BCUT2D eigenvalue weighted by molar-refractivity contribution is -0.143. The molecule has 2 amide bonds. The SMILES string of the molecule is CC(C)(C)NC(=O)C(Cc1ccccc1)N(Cc1ccc(Cl)c(Cl)c1)C(=O)COc1ccccc1Cl. The van der Waals surface area contributed by atoms with Crippen LogP contribution < -0.4 is 10.1 Å². The first-order valence-corrected chi connectivity index (χ1v) is 12.6. The average molecular weight is 548 g/mol. The topological polar surface area (TPSA) is 58.6 Å². The van der Waals surface area contributed by atoms with Crippen LogP contribution in [0.25, 0.3) is 0 Å². The third-order valence-corrected chi connectivity index (χ3v) is 6.35. The molecule has 8 heteroatoms. The second-order valence-corrected chi connectivity index (χ2v) is 10.7. The van der Waals surface area contributed by atoms with E-state index in [1.807, 2.05) is 51.1 Å². The zero-order valence-corrected chi connectivity index (χ0v) is 22.7. The van der Waals surface area contributed by atoms with E-state index >= 15 is 0 Å². The molecule has 0 saturated carbocycles. The van der Waals surface area contributed by atoms with Crippen LogP contribution in [-0.4, -0.2) is 34.9 Å². The molecule has 0 heterocycles. The smallest absolute Gasteiger partial charge is 0.261 e. The molecule has 0 aliphatic rings. The minimum absolute atomic E-state index is 0.136. The van der Waals surface area contributed by atoms with Gasteiger partial charge in [-0.25, -0.2) is 0 Å². The van der Waals surface area contributed by atoms with Gasteiger partial charge in [0, 0.05) is 18.5 Å². The summed E-state index contributed by atoms with van der Waals surface area (Å²) in [5.74, 6) is -0.246. The molecule has 0 bridgehead atoms. The van der Waals surface area contributed by atoms with Gasteiger partial charge in [-0.05, 0) is 56.2 Å². The molecule has 0 radical (unpaired) electrons. The van der Waals surface area contributed by atoms with Gasteiger partial charge in [0.05, 0.1) is 15.1 Å². The van der Waals surface area contributed by atoms with Crippen LogP contribution in [0, 0.1) is 0 Å². The molecule has 0 fully saturated rings. The minimum atomic E-state index is -0.802. The van der Waals surface area contributed by atoms with Gasteiger partial charge in [0.15, 0.2) is 6.61 Å². The van der Waals surface area contributed by atoms with Crippen LogP contribution in [-0.2, 0) is 22.6 Å². The number of carbonyl (C=O) groups is 2. The van der Waals surface area contributed by atoms with Gasteiger partial charge in [0.1, 0.15) is 11.8 Å². The highest BCUT2D eigenvalue weighted by molar-refractivity contribution is 6.42. The lowest BCUT2D eigenvalue weighted by Crippen LogP contribution is -2.55. The predicted octanol–water partition coefficient (Wildman–Crippen LogP) is 6.58. The number of hydrogen-bond donors (Lipinski definition) is 1. The van der Waals surface area contributed by atoms with Gasteiger partial charge < -0.3 is 15.0 Å². The van der Waals surface area contributed by atoms with Crippen molar-refractivity contribution in [2.45, 2.75) is 45.3 Å². The molecule has 0 aliphatic heterocycles. The summed E-state index contributed by atoms with van der Waals surface area (Å²) in [4.78, 5) is 28.7. The number of benzene rings is 3. The summed E-state index contributed by atoms with van der Waals surface area (Å²) in [6.45, 7) is 5.54. The van der Waals surface area contributed by atoms with Crippen molar-refractivity contribution in [1.29, 1.82) is 0 Å². The van der Waals surface area contributed by atoms with E-state index in [2.05, 4.69) is 5.32 Å². The molecule has 5 nitrogen and oxygen atoms in total. The Hall–Kier alpha value is -2.73. The summed E-state index contributed by atoms with van der Waals surface area (Å²) in [7, 11) is 0. The second-order valence-electron chi connectivity index (χ2n) is 9.43. The monoisotopic (exact) mass is 546 g/mol. The van der Waals surface area contributed by atoms with Crippen molar-refractivity contribution < 1.29 is 14.3 Å².